The first kappa shape index (κ1) is 19.8. The Hall–Kier alpha value is -3.15. The first-order valence-electron chi connectivity index (χ1n) is 11.2. The van der Waals surface area contributed by atoms with E-state index >= 15 is 0 Å². The lowest BCUT2D eigenvalue weighted by Gasteiger charge is -2.38. The minimum Gasteiger partial charge on any atom is -0.378 e. The summed E-state index contributed by atoms with van der Waals surface area (Å²) >= 11 is 0. The van der Waals surface area contributed by atoms with Crippen LogP contribution in [0.3, 0.4) is 0 Å². The number of nitrogens with one attached hydrogen (secondary N) is 1. The van der Waals surface area contributed by atoms with E-state index in [4.69, 9.17) is 0 Å². The molecule has 31 heavy (non-hydrogen) atoms. The molecule has 1 N–H and O–H groups in total. The molecule has 1 fully saturated rings. The summed E-state index contributed by atoms with van der Waals surface area (Å²) in [6, 6.07) is 13.2. The molecule has 1 aliphatic carbocycles. The van der Waals surface area contributed by atoms with Gasteiger partial charge in [-0.1, -0.05) is 24.3 Å². The van der Waals surface area contributed by atoms with Crippen LogP contribution in [0.1, 0.15) is 66.1 Å². The molecule has 0 spiro atoms. The number of amides is 1. The van der Waals surface area contributed by atoms with Crippen LogP contribution in [0.15, 0.2) is 54.6 Å². The van der Waals surface area contributed by atoms with Crippen LogP contribution in [0.2, 0.25) is 0 Å². The molecule has 4 atom stereocenters. The minimum absolute atomic E-state index is 0.00364. The summed E-state index contributed by atoms with van der Waals surface area (Å²) in [5, 5.41) is 14.9. The number of benzene rings is 2. The third-order valence-corrected chi connectivity index (χ3v) is 7.11. The Labute approximate surface area is 182 Å². The Kier molecular flexibility index (Phi) is 5.00. The molecule has 0 radical (unpaired) electrons. The molecule has 1 saturated heterocycles. The molecule has 6 nitrogen and oxygen atoms in total. The van der Waals surface area contributed by atoms with Crippen LogP contribution in [-0.2, 0) is 0 Å². The van der Waals surface area contributed by atoms with Crippen molar-refractivity contribution in [1.29, 1.82) is 0 Å². The number of fused-ring (bicyclic) bond motifs is 3. The van der Waals surface area contributed by atoms with Crippen LogP contribution in [0.5, 0.6) is 0 Å². The normalized spacial score (nSPS) is 26.7. The molecule has 1 amide bonds. The van der Waals surface area contributed by atoms with Gasteiger partial charge in [-0.2, -0.15) is 0 Å². The number of anilines is 1. The van der Waals surface area contributed by atoms with Gasteiger partial charge >= 0.3 is 0 Å². The fourth-order valence-corrected chi connectivity index (χ4v) is 5.45. The van der Waals surface area contributed by atoms with Crippen molar-refractivity contribution in [3.63, 3.8) is 0 Å². The lowest BCUT2D eigenvalue weighted by molar-refractivity contribution is -0.384. The summed E-state index contributed by atoms with van der Waals surface area (Å²) in [4.78, 5) is 26.1. The zero-order valence-corrected chi connectivity index (χ0v) is 17.7. The molecule has 160 valence electrons. The van der Waals surface area contributed by atoms with Gasteiger partial charge in [0.05, 0.1) is 11.0 Å². The van der Waals surface area contributed by atoms with Crippen molar-refractivity contribution >= 4 is 17.3 Å². The van der Waals surface area contributed by atoms with Gasteiger partial charge in [0, 0.05) is 41.9 Å². The highest BCUT2D eigenvalue weighted by Crippen LogP contribution is 2.50. The average Bonchev–Trinajstić information content (AvgIpc) is 3.28. The smallest absolute Gasteiger partial charge is 0.269 e. The van der Waals surface area contributed by atoms with Gasteiger partial charge in [-0.3, -0.25) is 14.9 Å². The standard InChI is InChI=1S/C25H27N3O3/c1-16-6-2-3-13-27(16)25(29)18-11-12-23-22(15-18)20-9-5-10-21(20)24(26-23)17-7-4-8-19(14-17)28(30)31/h4-5,7-9,11-12,14-16,20-21,24,26H,2-3,6,10,13H2,1H3/t16-,20+,21-,24+/m0/s1. The second-order valence-electron chi connectivity index (χ2n) is 8.97. The third-order valence-electron chi connectivity index (χ3n) is 7.11. The number of hydrogen-bond acceptors (Lipinski definition) is 4. The second kappa shape index (κ2) is 7.84. The van der Waals surface area contributed by atoms with Gasteiger partial charge < -0.3 is 10.2 Å². The highest BCUT2D eigenvalue weighted by molar-refractivity contribution is 5.95. The molecule has 2 heterocycles. The maximum absolute atomic E-state index is 13.2. The second-order valence-corrected chi connectivity index (χ2v) is 8.97. The van der Waals surface area contributed by atoms with Crippen molar-refractivity contribution in [2.45, 2.75) is 50.6 Å². The fraction of sp³-hybridized carbons (Fsp3) is 0.400. The predicted molar refractivity (Wildman–Crippen MR) is 120 cm³/mol. The third kappa shape index (κ3) is 3.50. The molecular formula is C25H27N3O3. The van der Waals surface area contributed by atoms with Crippen molar-refractivity contribution < 1.29 is 9.72 Å². The van der Waals surface area contributed by atoms with E-state index in [9.17, 15) is 14.9 Å². The molecule has 2 aromatic carbocycles. The van der Waals surface area contributed by atoms with Crippen molar-refractivity contribution in [2.75, 3.05) is 11.9 Å². The van der Waals surface area contributed by atoms with Crippen LogP contribution >= 0.6 is 0 Å². The van der Waals surface area contributed by atoms with E-state index in [0.29, 0.717) is 0 Å². The monoisotopic (exact) mass is 417 g/mol. The van der Waals surface area contributed by atoms with Gasteiger partial charge in [0.2, 0.25) is 0 Å². The molecule has 5 rings (SSSR count). The topological polar surface area (TPSA) is 75.5 Å². The van der Waals surface area contributed by atoms with E-state index in [0.717, 1.165) is 48.2 Å². The largest absolute Gasteiger partial charge is 0.378 e. The van der Waals surface area contributed by atoms with Gasteiger partial charge in [0.25, 0.3) is 11.6 Å². The van der Waals surface area contributed by atoms with Gasteiger partial charge in [-0.25, -0.2) is 0 Å². The molecule has 6 heteroatoms. The number of allylic oxidation sites excluding steroid dienone is 2. The van der Waals surface area contributed by atoms with Crippen LogP contribution in [0, 0.1) is 16.0 Å². The van der Waals surface area contributed by atoms with E-state index in [1.807, 2.05) is 23.1 Å². The number of nitrogens with zero attached hydrogens (tertiary/aromatic N) is 2. The molecule has 2 aliphatic heterocycles. The first-order valence-corrected chi connectivity index (χ1v) is 11.2. The van der Waals surface area contributed by atoms with Crippen LogP contribution < -0.4 is 5.32 Å². The Bertz CT molecular complexity index is 1060. The van der Waals surface area contributed by atoms with Crippen molar-refractivity contribution in [1.82, 2.24) is 4.90 Å². The van der Waals surface area contributed by atoms with Crippen molar-refractivity contribution in [3.05, 3.63) is 81.4 Å². The number of non-ortho nitro benzene ring substituents is 1. The van der Waals surface area contributed by atoms with Crippen LogP contribution in [0.4, 0.5) is 11.4 Å². The van der Waals surface area contributed by atoms with Crippen molar-refractivity contribution in [3.8, 4) is 0 Å². The van der Waals surface area contributed by atoms with Crippen molar-refractivity contribution in [2.24, 2.45) is 5.92 Å². The van der Waals surface area contributed by atoms with E-state index < -0.39 is 0 Å². The molecule has 3 aliphatic rings. The van der Waals surface area contributed by atoms with Crippen LogP contribution in [0.25, 0.3) is 0 Å². The summed E-state index contributed by atoms with van der Waals surface area (Å²) < 4.78 is 0. The van der Waals surface area contributed by atoms with Gasteiger partial charge in [0.15, 0.2) is 0 Å². The fourth-order valence-electron chi connectivity index (χ4n) is 5.45. The quantitative estimate of drug-likeness (QED) is 0.410. The number of rotatable bonds is 3. The number of hydrogen-bond donors (Lipinski definition) is 1. The molecule has 2 aromatic rings. The number of nitro benzene ring substituents is 1. The van der Waals surface area contributed by atoms with E-state index in [1.165, 1.54) is 12.5 Å². The highest BCUT2D eigenvalue weighted by atomic mass is 16.6. The molecule has 0 unspecified atom stereocenters. The van der Waals surface area contributed by atoms with Gasteiger partial charge in [-0.15, -0.1) is 0 Å². The number of likely N-dealkylation sites (tertiary alicyclic amines) is 1. The molecule has 0 saturated carbocycles. The molecule has 0 aromatic heterocycles. The van der Waals surface area contributed by atoms with Gasteiger partial charge in [-0.05, 0) is 67.9 Å². The lowest BCUT2D eigenvalue weighted by Crippen LogP contribution is -2.42. The zero-order valence-electron chi connectivity index (χ0n) is 17.7. The maximum atomic E-state index is 13.2. The average molecular weight is 418 g/mol. The molecular weight excluding hydrogens is 390 g/mol. The SMILES string of the molecule is C[C@H]1CCCCN1C(=O)c1ccc2c(c1)[C@@H]1C=CC[C@@H]1[C@@H](c1cccc([N+](=O)[O-])c1)N2. The van der Waals surface area contributed by atoms with E-state index in [-0.39, 0.29) is 40.4 Å². The number of nitro groups is 1. The number of piperidine rings is 1. The Balaban J connectivity index is 1.47. The van der Waals surface area contributed by atoms with E-state index in [1.54, 1.807) is 12.1 Å². The van der Waals surface area contributed by atoms with Gasteiger partial charge in [0.1, 0.15) is 0 Å². The summed E-state index contributed by atoms with van der Waals surface area (Å²) in [6.07, 6.45) is 8.65. The van der Waals surface area contributed by atoms with Crippen LogP contribution in [-0.4, -0.2) is 28.3 Å². The Morgan fingerprint density at radius 3 is 2.87 bits per heavy atom. The number of carbonyl (C=O) groups excluding carboxylic acids is 1. The Morgan fingerprint density at radius 2 is 2.06 bits per heavy atom. The Morgan fingerprint density at radius 1 is 1.19 bits per heavy atom. The highest BCUT2D eigenvalue weighted by Gasteiger charge is 2.38. The van der Waals surface area contributed by atoms with E-state index in [2.05, 4.69) is 30.5 Å². The summed E-state index contributed by atoms with van der Waals surface area (Å²) in [6.45, 7) is 2.96. The first-order chi connectivity index (χ1) is 15.0. The zero-order chi connectivity index (χ0) is 21.5. The maximum Gasteiger partial charge on any atom is 0.269 e. The minimum atomic E-state index is -0.343. The number of carbonyl (C=O) groups is 1. The lowest BCUT2D eigenvalue weighted by atomic mass is 9.76. The summed E-state index contributed by atoms with van der Waals surface area (Å²) in [5.41, 5.74) is 3.95. The predicted octanol–water partition coefficient (Wildman–Crippen LogP) is 5.44. The molecule has 0 bridgehead atoms. The summed E-state index contributed by atoms with van der Waals surface area (Å²) in [7, 11) is 0. The summed E-state index contributed by atoms with van der Waals surface area (Å²) in [5.74, 6) is 0.593.